The third kappa shape index (κ3) is 3.92. The van der Waals surface area contributed by atoms with E-state index in [0.717, 1.165) is 4.47 Å². The Labute approximate surface area is 131 Å². The fraction of sp³-hybridized carbons (Fsp3) is 0.125. The molecule has 0 bridgehead atoms. The van der Waals surface area contributed by atoms with Crippen LogP contribution in [-0.4, -0.2) is 11.7 Å². The van der Waals surface area contributed by atoms with E-state index in [1.165, 1.54) is 13.8 Å². The fourth-order valence-corrected chi connectivity index (χ4v) is 2.18. The van der Waals surface area contributed by atoms with E-state index in [-0.39, 0.29) is 11.7 Å². The molecule has 0 fully saturated rings. The number of para-hydroxylation sites is 2. The zero-order chi connectivity index (χ0) is 15.4. The van der Waals surface area contributed by atoms with Gasteiger partial charge >= 0.3 is 0 Å². The zero-order valence-corrected chi connectivity index (χ0v) is 13.2. The Balaban J connectivity index is 2.40. The van der Waals surface area contributed by atoms with Crippen molar-refractivity contribution in [3.8, 4) is 11.5 Å². The van der Waals surface area contributed by atoms with Gasteiger partial charge in [0, 0.05) is 11.4 Å². The van der Waals surface area contributed by atoms with Crippen molar-refractivity contribution in [3.63, 3.8) is 0 Å². The van der Waals surface area contributed by atoms with Crippen LogP contribution in [0.4, 0.5) is 5.69 Å². The van der Waals surface area contributed by atoms with Crippen LogP contribution >= 0.6 is 15.9 Å². The van der Waals surface area contributed by atoms with E-state index < -0.39 is 0 Å². The molecule has 1 amide bonds. The molecule has 0 aromatic heterocycles. The molecule has 0 atom stereocenters. The standard InChI is InChI=1S/C16H14BrNO3/c1-10(19)13-8-7-12(17)9-16(13)21-15-6-4-3-5-14(15)18-11(2)20/h3-9H,1-2H3,(H,18,20). The number of anilines is 1. The van der Waals surface area contributed by atoms with Gasteiger partial charge in [-0.2, -0.15) is 0 Å². The number of ketones is 1. The van der Waals surface area contributed by atoms with Crippen LogP contribution in [0.5, 0.6) is 11.5 Å². The van der Waals surface area contributed by atoms with Gasteiger partial charge in [0.15, 0.2) is 11.5 Å². The maximum absolute atomic E-state index is 11.7. The molecule has 21 heavy (non-hydrogen) atoms. The van der Waals surface area contributed by atoms with E-state index in [4.69, 9.17) is 4.74 Å². The molecule has 0 spiro atoms. The number of nitrogens with one attached hydrogen (secondary N) is 1. The Bertz CT molecular complexity index is 698. The Kier molecular flexibility index (Phi) is 4.75. The molecule has 0 saturated heterocycles. The molecule has 0 aliphatic heterocycles. The molecule has 1 N–H and O–H groups in total. The minimum Gasteiger partial charge on any atom is -0.454 e. The second-order valence-electron chi connectivity index (χ2n) is 4.48. The maximum Gasteiger partial charge on any atom is 0.221 e. The number of Topliss-reactive ketones (excluding diaryl/α,β-unsaturated/α-hetero) is 1. The van der Waals surface area contributed by atoms with Crippen molar-refractivity contribution in [2.24, 2.45) is 0 Å². The molecule has 0 aliphatic rings. The number of halogens is 1. The van der Waals surface area contributed by atoms with Crippen LogP contribution in [-0.2, 0) is 4.79 Å². The summed E-state index contributed by atoms with van der Waals surface area (Å²) >= 11 is 3.36. The highest BCUT2D eigenvalue weighted by Gasteiger charge is 2.12. The van der Waals surface area contributed by atoms with E-state index in [1.54, 1.807) is 42.5 Å². The number of benzene rings is 2. The average Bonchev–Trinajstić information content (AvgIpc) is 2.40. The second-order valence-corrected chi connectivity index (χ2v) is 5.39. The summed E-state index contributed by atoms with van der Waals surface area (Å²) in [4.78, 5) is 22.9. The van der Waals surface area contributed by atoms with Gasteiger partial charge in [0.2, 0.25) is 5.91 Å². The summed E-state index contributed by atoms with van der Waals surface area (Å²) in [5.41, 5.74) is 1.04. The minimum absolute atomic E-state index is 0.0884. The Morgan fingerprint density at radius 2 is 1.76 bits per heavy atom. The molecule has 0 radical (unpaired) electrons. The van der Waals surface area contributed by atoms with E-state index in [2.05, 4.69) is 21.2 Å². The van der Waals surface area contributed by atoms with E-state index in [0.29, 0.717) is 22.7 Å². The van der Waals surface area contributed by atoms with Gasteiger partial charge in [0.05, 0.1) is 11.3 Å². The van der Waals surface area contributed by atoms with Crippen LogP contribution < -0.4 is 10.1 Å². The van der Waals surface area contributed by atoms with Gasteiger partial charge in [0.1, 0.15) is 5.75 Å². The summed E-state index contributed by atoms with van der Waals surface area (Å²) in [6.45, 7) is 2.91. The molecule has 0 saturated carbocycles. The van der Waals surface area contributed by atoms with Crippen LogP contribution in [0.1, 0.15) is 24.2 Å². The zero-order valence-electron chi connectivity index (χ0n) is 11.6. The quantitative estimate of drug-likeness (QED) is 0.833. The third-order valence-electron chi connectivity index (χ3n) is 2.74. The van der Waals surface area contributed by atoms with E-state index in [1.807, 2.05) is 0 Å². The van der Waals surface area contributed by atoms with Gasteiger partial charge < -0.3 is 10.1 Å². The predicted octanol–water partition coefficient (Wildman–Crippen LogP) is 4.40. The van der Waals surface area contributed by atoms with Gasteiger partial charge in [-0.25, -0.2) is 0 Å². The highest BCUT2D eigenvalue weighted by Crippen LogP contribution is 2.33. The number of rotatable bonds is 4. The smallest absolute Gasteiger partial charge is 0.221 e. The molecular formula is C16H14BrNO3. The highest BCUT2D eigenvalue weighted by molar-refractivity contribution is 9.10. The fourth-order valence-electron chi connectivity index (χ4n) is 1.84. The first kappa shape index (κ1) is 15.3. The van der Waals surface area contributed by atoms with E-state index >= 15 is 0 Å². The summed E-state index contributed by atoms with van der Waals surface area (Å²) in [7, 11) is 0. The van der Waals surface area contributed by atoms with Crippen LogP contribution in [0.3, 0.4) is 0 Å². The Morgan fingerprint density at radius 3 is 2.43 bits per heavy atom. The predicted molar refractivity (Wildman–Crippen MR) is 85.0 cm³/mol. The van der Waals surface area contributed by atoms with Crippen molar-refractivity contribution in [2.45, 2.75) is 13.8 Å². The molecule has 0 aliphatic carbocycles. The monoisotopic (exact) mass is 347 g/mol. The molecular weight excluding hydrogens is 334 g/mol. The maximum atomic E-state index is 11.7. The summed E-state index contributed by atoms with van der Waals surface area (Å²) in [6, 6.07) is 12.3. The molecule has 2 aromatic rings. The van der Waals surface area contributed by atoms with Gasteiger partial charge in [0.25, 0.3) is 0 Å². The SMILES string of the molecule is CC(=O)Nc1ccccc1Oc1cc(Br)ccc1C(C)=O. The van der Waals surface area contributed by atoms with Gasteiger partial charge in [-0.05, 0) is 37.3 Å². The lowest BCUT2D eigenvalue weighted by Crippen LogP contribution is -2.07. The topological polar surface area (TPSA) is 55.4 Å². The van der Waals surface area contributed by atoms with Crippen molar-refractivity contribution < 1.29 is 14.3 Å². The highest BCUT2D eigenvalue weighted by atomic mass is 79.9. The van der Waals surface area contributed by atoms with Gasteiger partial charge in [-0.3, -0.25) is 9.59 Å². The second kappa shape index (κ2) is 6.54. The van der Waals surface area contributed by atoms with Crippen molar-refractivity contribution in [2.75, 3.05) is 5.32 Å². The molecule has 0 heterocycles. The lowest BCUT2D eigenvalue weighted by atomic mass is 10.1. The van der Waals surface area contributed by atoms with Crippen LogP contribution in [0, 0.1) is 0 Å². The summed E-state index contributed by atoms with van der Waals surface area (Å²) in [6.07, 6.45) is 0. The summed E-state index contributed by atoms with van der Waals surface area (Å²) in [5, 5.41) is 2.70. The minimum atomic E-state index is -0.188. The van der Waals surface area contributed by atoms with E-state index in [9.17, 15) is 9.59 Å². The Hall–Kier alpha value is -2.14. The van der Waals surface area contributed by atoms with Crippen LogP contribution in [0.25, 0.3) is 0 Å². The summed E-state index contributed by atoms with van der Waals surface area (Å²) < 4.78 is 6.62. The number of carbonyl (C=O) groups excluding carboxylic acids is 2. The molecule has 0 unspecified atom stereocenters. The van der Waals surface area contributed by atoms with Crippen molar-refractivity contribution >= 4 is 33.3 Å². The largest absolute Gasteiger partial charge is 0.454 e. The van der Waals surface area contributed by atoms with Gasteiger partial charge in [-0.15, -0.1) is 0 Å². The summed E-state index contributed by atoms with van der Waals surface area (Å²) in [5.74, 6) is 0.643. The average molecular weight is 348 g/mol. The molecule has 2 rings (SSSR count). The van der Waals surface area contributed by atoms with Crippen molar-refractivity contribution in [3.05, 3.63) is 52.5 Å². The Morgan fingerprint density at radius 1 is 1.05 bits per heavy atom. The lowest BCUT2D eigenvalue weighted by Gasteiger charge is -2.13. The lowest BCUT2D eigenvalue weighted by molar-refractivity contribution is -0.114. The number of amides is 1. The number of ether oxygens (including phenoxy) is 1. The van der Waals surface area contributed by atoms with Crippen molar-refractivity contribution in [1.82, 2.24) is 0 Å². The first-order valence-corrected chi connectivity index (χ1v) is 7.11. The molecule has 4 nitrogen and oxygen atoms in total. The number of hydrogen-bond donors (Lipinski definition) is 1. The third-order valence-corrected chi connectivity index (χ3v) is 3.23. The first-order valence-electron chi connectivity index (χ1n) is 6.32. The number of carbonyl (C=O) groups is 2. The first-order chi connectivity index (χ1) is 9.97. The van der Waals surface area contributed by atoms with Crippen LogP contribution in [0.2, 0.25) is 0 Å². The van der Waals surface area contributed by atoms with Crippen molar-refractivity contribution in [1.29, 1.82) is 0 Å². The normalized spacial score (nSPS) is 10.0. The molecule has 108 valence electrons. The molecule has 2 aromatic carbocycles. The number of hydrogen-bond acceptors (Lipinski definition) is 3. The molecule has 5 heteroatoms. The van der Waals surface area contributed by atoms with Gasteiger partial charge in [-0.1, -0.05) is 28.1 Å². The van der Waals surface area contributed by atoms with Crippen LogP contribution in [0.15, 0.2) is 46.9 Å².